The standard InChI is InChI=1S/C31H35NO6S2/c1-2-3-4-5-6-12-21-38-30-25(31(33)32-20-19-23-13-10-11-16-26(23)32)17-18-27-29(30)28(22-39(27,34)35)40(36,37)24-14-8-7-9-15-24/h7-11,13-18,28H,2-6,12,19-22H2,1H3. The molecule has 1 unspecified atom stereocenters. The normalized spacial score (nSPS) is 17.4. The van der Waals surface area contributed by atoms with Crippen LogP contribution in [0, 0.1) is 0 Å². The van der Waals surface area contributed by atoms with Crippen molar-refractivity contribution in [2.75, 3.05) is 23.8 Å². The lowest BCUT2D eigenvalue weighted by Crippen LogP contribution is -2.30. The van der Waals surface area contributed by atoms with Gasteiger partial charge in [0.05, 0.1) is 27.7 Å². The fourth-order valence-corrected chi connectivity index (χ4v) is 9.95. The van der Waals surface area contributed by atoms with Gasteiger partial charge in [0.25, 0.3) is 5.91 Å². The number of hydrogen-bond donors (Lipinski definition) is 0. The van der Waals surface area contributed by atoms with Gasteiger partial charge >= 0.3 is 0 Å². The van der Waals surface area contributed by atoms with Crippen molar-refractivity contribution in [1.82, 2.24) is 0 Å². The van der Waals surface area contributed by atoms with E-state index in [1.807, 2.05) is 24.3 Å². The van der Waals surface area contributed by atoms with Crippen LogP contribution in [0.25, 0.3) is 0 Å². The van der Waals surface area contributed by atoms with E-state index in [4.69, 9.17) is 4.74 Å². The summed E-state index contributed by atoms with van der Waals surface area (Å²) in [6, 6.07) is 18.4. The molecule has 1 amide bonds. The van der Waals surface area contributed by atoms with Crippen molar-refractivity contribution in [2.45, 2.75) is 66.9 Å². The van der Waals surface area contributed by atoms with Gasteiger partial charge < -0.3 is 9.64 Å². The third-order valence-electron chi connectivity index (χ3n) is 7.74. The lowest BCUT2D eigenvalue weighted by molar-refractivity contribution is 0.0985. The largest absolute Gasteiger partial charge is 0.492 e. The number of rotatable bonds is 11. The van der Waals surface area contributed by atoms with E-state index >= 15 is 0 Å². The predicted octanol–water partition coefficient (Wildman–Crippen LogP) is 5.93. The number of nitrogens with zero attached hydrogens (tertiary/aromatic N) is 1. The summed E-state index contributed by atoms with van der Waals surface area (Å²) >= 11 is 0. The predicted molar refractivity (Wildman–Crippen MR) is 156 cm³/mol. The van der Waals surface area contributed by atoms with Crippen LogP contribution >= 0.6 is 0 Å². The zero-order chi connectivity index (χ0) is 28.3. The van der Waals surface area contributed by atoms with Gasteiger partial charge in [-0.2, -0.15) is 0 Å². The van der Waals surface area contributed by atoms with Crippen molar-refractivity contribution in [2.24, 2.45) is 0 Å². The summed E-state index contributed by atoms with van der Waals surface area (Å²) in [5, 5.41) is -1.37. The zero-order valence-electron chi connectivity index (χ0n) is 22.7. The SMILES string of the molecule is CCCCCCCCOc1c(C(=O)N2CCc3ccccc32)ccc2c1C(S(=O)(=O)c1ccccc1)CS2(=O)=O. The van der Waals surface area contributed by atoms with Crippen molar-refractivity contribution in [3.05, 3.63) is 83.4 Å². The number of hydrogen-bond acceptors (Lipinski definition) is 6. The summed E-state index contributed by atoms with van der Waals surface area (Å²) in [7, 11) is -7.99. The summed E-state index contributed by atoms with van der Waals surface area (Å²) in [6.07, 6.45) is 6.85. The molecule has 9 heteroatoms. The minimum Gasteiger partial charge on any atom is -0.492 e. The molecule has 0 radical (unpaired) electrons. The molecule has 2 aliphatic heterocycles. The number of para-hydroxylation sites is 1. The number of benzene rings is 3. The highest BCUT2D eigenvalue weighted by atomic mass is 32.2. The van der Waals surface area contributed by atoms with Gasteiger partial charge in [-0.25, -0.2) is 16.8 Å². The second-order valence-electron chi connectivity index (χ2n) is 10.4. The van der Waals surface area contributed by atoms with Gasteiger partial charge in [0.15, 0.2) is 19.7 Å². The first-order chi connectivity index (χ1) is 19.3. The molecule has 0 aromatic heterocycles. The van der Waals surface area contributed by atoms with Crippen LogP contribution in [0.3, 0.4) is 0 Å². The Kier molecular flexibility index (Phi) is 8.33. The molecule has 3 aromatic carbocycles. The maximum Gasteiger partial charge on any atom is 0.262 e. The minimum atomic E-state index is -4.09. The maximum atomic E-state index is 14.0. The summed E-state index contributed by atoms with van der Waals surface area (Å²) in [5.41, 5.74) is 2.12. The molecule has 3 aromatic rings. The van der Waals surface area contributed by atoms with E-state index in [0.29, 0.717) is 13.0 Å². The van der Waals surface area contributed by atoms with Gasteiger partial charge in [-0.1, -0.05) is 75.4 Å². The summed E-state index contributed by atoms with van der Waals surface area (Å²) in [4.78, 5) is 15.6. The fourth-order valence-electron chi connectivity index (χ4n) is 5.62. The Hall–Kier alpha value is -3.17. The van der Waals surface area contributed by atoms with Gasteiger partial charge in [0.1, 0.15) is 11.0 Å². The van der Waals surface area contributed by atoms with Crippen LogP contribution in [0.5, 0.6) is 5.75 Å². The van der Waals surface area contributed by atoms with Gasteiger partial charge in [-0.3, -0.25) is 4.79 Å². The quantitative estimate of drug-likeness (QED) is 0.260. The first-order valence-corrected chi connectivity index (χ1v) is 17.2. The molecule has 2 aliphatic rings. The van der Waals surface area contributed by atoms with Gasteiger partial charge in [0, 0.05) is 17.8 Å². The molecule has 0 fully saturated rings. The van der Waals surface area contributed by atoms with E-state index in [9.17, 15) is 21.6 Å². The molecule has 0 aliphatic carbocycles. The molecule has 5 rings (SSSR count). The van der Waals surface area contributed by atoms with Crippen molar-refractivity contribution in [3.8, 4) is 5.75 Å². The Labute approximate surface area is 237 Å². The molecule has 212 valence electrons. The minimum absolute atomic E-state index is 0.0372. The molecular formula is C31H35NO6S2. The maximum absolute atomic E-state index is 14.0. The molecular weight excluding hydrogens is 546 g/mol. The van der Waals surface area contributed by atoms with E-state index in [2.05, 4.69) is 6.92 Å². The van der Waals surface area contributed by atoms with Crippen molar-refractivity contribution in [1.29, 1.82) is 0 Å². The Balaban J connectivity index is 1.56. The average molecular weight is 582 g/mol. The monoisotopic (exact) mass is 581 g/mol. The first-order valence-electron chi connectivity index (χ1n) is 14.0. The molecule has 0 N–H and O–H groups in total. The van der Waals surface area contributed by atoms with Crippen molar-refractivity contribution in [3.63, 3.8) is 0 Å². The topological polar surface area (TPSA) is 97.8 Å². The zero-order valence-corrected chi connectivity index (χ0v) is 24.3. The number of carbonyl (C=O) groups is 1. The van der Waals surface area contributed by atoms with E-state index in [1.54, 1.807) is 23.1 Å². The Morgan fingerprint density at radius 3 is 2.40 bits per heavy atom. The van der Waals surface area contributed by atoms with Crippen LogP contribution in [0.4, 0.5) is 5.69 Å². The number of ether oxygens (including phenoxy) is 1. The lowest BCUT2D eigenvalue weighted by Gasteiger charge is -2.22. The molecule has 40 heavy (non-hydrogen) atoms. The van der Waals surface area contributed by atoms with Gasteiger partial charge in [-0.15, -0.1) is 0 Å². The van der Waals surface area contributed by atoms with Crippen LogP contribution in [0.15, 0.2) is 76.5 Å². The number of fused-ring (bicyclic) bond motifs is 2. The fraction of sp³-hybridized carbons (Fsp3) is 0.387. The second kappa shape index (κ2) is 11.7. The Bertz CT molecular complexity index is 1600. The van der Waals surface area contributed by atoms with Crippen LogP contribution in [0.2, 0.25) is 0 Å². The Morgan fingerprint density at radius 1 is 0.925 bits per heavy atom. The number of unbranched alkanes of at least 4 members (excludes halogenated alkanes) is 5. The molecule has 0 saturated heterocycles. The number of amides is 1. The number of sulfone groups is 2. The van der Waals surface area contributed by atoms with Crippen LogP contribution in [-0.4, -0.2) is 41.6 Å². The molecule has 0 spiro atoms. The van der Waals surface area contributed by atoms with Crippen molar-refractivity contribution < 1.29 is 26.4 Å². The molecule has 0 bridgehead atoms. The highest BCUT2D eigenvalue weighted by Gasteiger charge is 2.46. The lowest BCUT2D eigenvalue weighted by atomic mass is 10.0. The van der Waals surface area contributed by atoms with E-state index < -0.39 is 30.7 Å². The average Bonchev–Trinajstić information content (AvgIpc) is 3.51. The van der Waals surface area contributed by atoms with Crippen LogP contribution < -0.4 is 9.64 Å². The third-order valence-corrected chi connectivity index (χ3v) is 11.8. The van der Waals surface area contributed by atoms with E-state index in [0.717, 1.165) is 43.4 Å². The molecule has 7 nitrogen and oxygen atoms in total. The molecule has 2 heterocycles. The summed E-state index contributed by atoms with van der Waals surface area (Å²) in [5.74, 6) is -0.839. The van der Waals surface area contributed by atoms with E-state index in [1.165, 1.54) is 30.7 Å². The Morgan fingerprint density at radius 2 is 1.62 bits per heavy atom. The number of anilines is 1. The molecule has 0 saturated carbocycles. The first kappa shape index (κ1) is 28.4. The van der Waals surface area contributed by atoms with E-state index in [-0.39, 0.29) is 39.2 Å². The van der Waals surface area contributed by atoms with Crippen LogP contribution in [-0.2, 0) is 26.1 Å². The number of carbonyl (C=O) groups excluding carboxylic acids is 1. The van der Waals surface area contributed by atoms with Crippen LogP contribution in [0.1, 0.15) is 72.2 Å². The summed E-state index contributed by atoms with van der Waals surface area (Å²) in [6.45, 7) is 2.90. The third kappa shape index (κ3) is 5.41. The molecule has 1 atom stereocenters. The second-order valence-corrected chi connectivity index (χ2v) is 14.6. The van der Waals surface area contributed by atoms with Crippen molar-refractivity contribution >= 4 is 31.3 Å². The smallest absolute Gasteiger partial charge is 0.262 e. The highest BCUT2D eigenvalue weighted by Crippen LogP contribution is 2.47. The highest BCUT2D eigenvalue weighted by molar-refractivity contribution is 7.96. The van der Waals surface area contributed by atoms with Gasteiger partial charge in [-0.05, 0) is 48.7 Å². The summed E-state index contributed by atoms with van der Waals surface area (Å²) < 4.78 is 60.3. The van der Waals surface area contributed by atoms with Gasteiger partial charge in [0.2, 0.25) is 0 Å².